The molecule has 20 heavy (non-hydrogen) atoms. The monoisotopic (exact) mass is 280 g/mol. The van der Waals surface area contributed by atoms with Crippen LogP contribution in [0, 0.1) is 5.92 Å². The molecule has 0 aliphatic heterocycles. The first-order valence-corrected chi connectivity index (χ1v) is 9.27. The van der Waals surface area contributed by atoms with Crippen LogP contribution in [0.1, 0.15) is 77.0 Å². The van der Waals surface area contributed by atoms with Crippen LogP contribution in [-0.4, -0.2) is 37.6 Å². The van der Waals surface area contributed by atoms with Gasteiger partial charge in [-0.3, -0.25) is 0 Å². The van der Waals surface area contributed by atoms with Gasteiger partial charge in [-0.15, -0.1) is 0 Å². The molecule has 2 aliphatic rings. The molecule has 0 heterocycles. The van der Waals surface area contributed by atoms with Crippen molar-refractivity contribution in [2.24, 2.45) is 5.92 Å². The van der Waals surface area contributed by atoms with Crippen LogP contribution in [-0.2, 0) is 0 Å². The van der Waals surface area contributed by atoms with E-state index >= 15 is 0 Å². The first-order chi connectivity index (χ1) is 9.86. The van der Waals surface area contributed by atoms with E-state index in [0.717, 1.165) is 12.0 Å². The SMILES string of the molecule is CN(CCCNCC1CCCCCC1)C1CCCCC1. The topological polar surface area (TPSA) is 15.3 Å². The fraction of sp³-hybridized carbons (Fsp3) is 1.00. The summed E-state index contributed by atoms with van der Waals surface area (Å²) in [6, 6.07) is 0.880. The maximum atomic E-state index is 3.71. The molecule has 2 heteroatoms. The van der Waals surface area contributed by atoms with Gasteiger partial charge in [0, 0.05) is 6.04 Å². The normalized spacial score (nSPS) is 23.1. The minimum absolute atomic E-state index is 0.880. The zero-order chi connectivity index (χ0) is 14.0. The third-order valence-corrected chi connectivity index (χ3v) is 5.47. The van der Waals surface area contributed by atoms with Crippen molar-refractivity contribution in [3.05, 3.63) is 0 Å². The summed E-state index contributed by atoms with van der Waals surface area (Å²) in [5.74, 6) is 0.966. The molecular weight excluding hydrogens is 244 g/mol. The van der Waals surface area contributed by atoms with Crippen molar-refractivity contribution < 1.29 is 0 Å². The fourth-order valence-electron chi connectivity index (χ4n) is 4.03. The lowest BCUT2D eigenvalue weighted by Gasteiger charge is -2.31. The molecule has 0 saturated heterocycles. The van der Waals surface area contributed by atoms with E-state index in [1.807, 2.05) is 0 Å². The van der Waals surface area contributed by atoms with Crippen molar-refractivity contribution in [1.82, 2.24) is 10.2 Å². The number of hydrogen-bond donors (Lipinski definition) is 1. The summed E-state index contributed by atoms with van der Waals surface area (Å²) < 4.78 is 0. The van der Waals surface area contributed by atoms with Gasteiger partial charge in [0.1, 0.15) is 0 Å². The van der Waals surface area contributed by atoms with Gasteiger partial charge in [0.25, 0.3) is 0 Å². The molecule has 0 spiro atoms. The van der Waals surface area contributed by atoms with Crippen LogP contribution >= 0.6 is 0 Å². The first-order valence-electron chi connectivity index (χ1n) is 9.27. The second kappa shape index (κ2) is 9.78. The van der Waals surface area contributed by atoms with Gasteiger partial charge in [-0.05, 0) is 64.7 Å². The molecule has 0 aromatic carbocycles. The number of nitrogens with zero attached hydrogens (tertiary/aromatic N) is 1. The molecule has 0 aromatic heterocycles. The summed E-state index contributed by atoms with van der Waals surface area (Å²) in [5.41, 5.74) is 0. The molecule has 0 radical (unpaired) electrons. The molecular formula is C18H36N2. The highest BCUT2D eigenvalue weighted by molar-refractivity contribution is 4.73. The van der Waals surface area contributed by atoms with Gasteiger partial charge in [0.15, 0.2) is 0 Å². The van der Waals surface area contributed by atoms with Crippen LogP contribution in [0.25, 0.3) is 0 Å². The van der Waals surface area contributed by atoms with Gasteiger partial charge in [-0.2, -0.15) is 0 Å². The zero-order valence-corrected chi connectivity index (χ0v) is 13.7. The second-order valence-corrected chi connectivity index (χ2v) is 7.19. The average Bonchev–Trinajstić information content (AvgIpc) is 2.76. The van der Waals surface area contributed by atoms with E-state index in [4.69, 9.17) is 0 Å². The Morgan fingerprint density at radius 2 is 1.45 bits per heavy atom. The quantitative estimate of drug-likeness (QED) is 0.555. The van der Waals surface area contributed by atoms with Crippen molar-refractivity contribution in [2.45, 2.75) is 83.1 Å². The van der Waals surface area contributed by atoms with Gasteiger partial charge in [-0.25, -0.2) is 0 Å². The predicted molar refractivity (Wildman–Crippen MR) is 88.2 cm³/mol. The largest absolute Gasteiger partial charge is 0.316 e. The molecule has 0 unspecified atom stereocenters. The summed E-state index contributed by atoms with van der Waals surface area (Å²) in [7, 11) is 2.33. The smallest absolute Gasteiger partial charge is 0.00922 e. The minimum atomic E-state index is 0.880. The highest BCUT2D eigenvalue weighted by Gasteiger charge is 2.17. The zero-order valence-electron chi connectivity index (χ0n) is 13.7. The molecule has 0 atom stereocenters. The van der Waals surface area contributed by atoms with Gasteiger partial charge < -0.3 is 10.2 Å². The Bertz CT molecular complexity index is 228. The summed E-state index contributed by atoms with van der Waals surface area (Å²) in [4.78, 5) is 2.62. The van der Waals surface area contributed by atoms with Crippen molar-refractivity contribution >= 4 is 0 Å². The lowest BCUT2D eigenvalue weighted by molar-refractivity contribution is 0.189. The standard InChI is InChI=1S/C18H36N2/c1-20(18-12-7-4-8-13-18)15-9-14-19-16-17-10-5-2-3-6-11-17/h17-19H,2-16H2,1H3. The Hall–Kier alpha value is -0.0800. The summed E-state index contributed by atoms with van der Waals surface area (Å²) in [6.07, 6.45) is 17.4. The van der Waals surface area contributed by atoms with Crippen LogP contribution in [0.4, 0.5) is 0 Å². The van der Waals surface area contributed by atoms with Gasteiger partial charge in [-0.1, -0.05) is 44.9 Å². The van der Waals surface area contributed by atoms with E-state index in [9.17, 15) is 0 Å². The van der Waals surface area contributed by atoms with Crippen LogP contribution in [0.3, 0.4) is 0 Å². The molecule has 2 saturated carbocycles. The Kier molecular flexibility index (Phi) is 7.97. The third kappa shape index (κ3) is 6.13. The van der Waals surface area contributed by atoms with Crippen LogP contribution in [0.15, 0.2) is 0 Å². The molecule has 1 N–H and O–H groups in total. The predicted octanol–water partition coefficient (Wildman–Crippen LogP) is 4.20. The number of rotatable bonds is 7. The van der Waals surface area contributed by atoms with Crippen molar-refractivity contribution in [3.63, 3.8) is 0 Å². The number of hydrogen-bond acceptors (Lipinski definition) is 2. The third-order valence-electron chi connectivity index (χ3n) is 5.47. The molecule has 2 aliphatic carbocycles. The minimum Gasteiger partial charge on any atom is -0.316 e. The molecule has 2 rings (SSSR count). The summed E-state index contributed by atoms with van der Waals surface area (Å²) in [5, 5.41) is 3.71. The van der Waals surface area contributed by atoms with Gasteiger partial charge in [0.05, 0.1) is 0 Å². The summed E-state index contributed by atoms with van der Waals surface area (Å²) >= 11 is 0. The average molecular weight is 280 g/mol. The van der Waals surface area contributed by atoms with Gasteiger partial charge in [0.2, 0.25) is 0 Å². The fourth-order valence-corrected chi connectivity index (χ4v) is 4.03. The molecule has 0 aromatic rings. The first kappa shape index (κ1) is 16.3. The van der Waals surface area contributed by atoms with Crippen molar-refractivity contribution in [2.75, 3.05) is 26.7 Å². The van der Waals surface area contributed by atoms with Crippen molar-refractivity contribution in [3.8, 4) is 0 Å². The second-order valence-electron chi connectivity index (χ2n) is 7.19. The lowest BCUT2D eigenvalue weighted by Crippen LogP contribution is -2.35. The van der Waals surface area contributed by atoms with E-state index in [-0.39, 0.29) is 0 Å². The number of nitrogens with one attached hydrogen (secondary N) is 1. The highest BCUT2D eigenvalue weighted by atomic mass is 15.1. The maximum Gasteiger partial charge on any atom is 0.00922 e. The highest BCUT2D eigenvalue weighted by Crippen LogP contribution is 2.22. The molecule has 118 valence electrons. The maximum absolute atomic E-state index is 3.71. The molecule has 0 amide bonds. The Morgan fingerprint density at radius 3 is 2.15 bits per heavy atom. The van der Waals surface area contributed by atoms with E-state index in [1.165, 1.54) is 96.7 Å². The summed E-state index contributed by atoms with van der Waals surface area (Å²) in [6.45, 7) is 3.77. The van der Waals surface area contributed by atoms with Gasteiger partial charge >= 0.3 is 0 Å². The lowest BCUT2D eigenvalue weighted by atomic mass is 9.94. The molecule has 0 bridgehead atoms. The van der Waals surface area contributed by atoms with Crippen molar-refractivity contribution in [1.29, 1.82) is 0 Å². The molecule has 2 nitrogen and oxygen atoms in total. The Balaban J connectivity index is 1.48. The van der Waals surface area contributed by atoms with Crippen LogP contribution < -0.4 is 5.32 Å². The van der Waals surface area contributed by atoms with E-state index in [2.05, 4.69) is 17.3 Å². The van der Waals surface area contributed by atoms with E-state index in [1.54, 1.807) is 0 Å². The Morgan fingerprint density at radius 1 is 0.850 bits per heavy atom. The Labute approximate surface area is 126 Å². The van der Waals surface area contributed by atoms with E-state index < -0.39 is 0 Å². The van der Waals surface area contributed by atoms with Crippen LogP contribution in [0.5, 0.6) is 0 Å². The molecule has 2 fully saturated rings. The van der Waals surface area contributed by atoms with Crippen LogP contribution in [0.2, 0.25) is 0 Å². The van der Waals surface area contributed by atoms with E-state index in [0.29, 0.717) is 0 Å².